The van der Waals surface area contributed by atoms with E-state index >= 15 is 0 Å². The molecule has 27 heavy (non-hydrogen) atoms. The number of hydrogen-bond donors (Lipinski definition) is 2. The van der Waals surface area contributed by atoms with E-state index in [-0.39, 0.29) is 11.8 Å². The van der Waals surface area contributed by atoms with Crippen molar-refractivity contribution in [3.05, 3.63) is 89.7 Å². The molecule has 0 bridgehead atoms. The molecule has 6 heteroatoms. The van der Waals surface area contributed by atoms with E-state index in [1.54, 1.807) is 31.4 Å². The number of nitrogens with one attached hydrogen (secondary N) is 2. The molecule has 0 radical (unpaired) electrons. The zero-order valence-electron chi connectivity index (χ0n) is 14.8. The molecule has 0 saturated heterocycles. The molecule has 0 unspecified atom stereocenters. The largest absolute Gasteiger partial charge is 0.497 e. The second kappa shape index (κ2) is 8.62. The summed E-state index contributed by atoms with van der Waals surface area (Å²) in [7, 11) is 1.56. The molecule has 0 fully saturated rings. The number of anilines is 1. The molecule has 1 heterocycles. The normalized spacial score (nSPS) is 10.1. The van der Waals surface area contributed by atoms with Crippen molar-refractivity contribution in [1.29, 1.82) is 0 Å². The summed E-state index contributed by atoms with van der Waals surface area (Å²) < 4.78 is 5.14. The minimum atomic E-state index is -0.353. The average Bonchev–Trinajstić information content (AvgIpc) is 2.73. The van der Waals surface area contributed by atoms with Crippen molar-refractivity contribution in [2.75, 3.05) is 12.4 Å². The van der Waals surface area contributed by atoms with Gasteiger partial charge in [0.1, 0.15) is 5.75 Å². The SMILES string of the molecule is COc1cccc(NC(=O)c2cncc(C(=O)NCc3ccccc3)c2)c1. The van der Waals surface area contributed by atoms with Gasteiger partial charge in [-0.15, -0.1) is 0 Å². The van der Waals surface area contributed by atoms with Gasteiger partial charge >= 0.3 is 0 Å². The maximum Gasteiger partial charge on any atom is 0.257 e. The fraction of sp³-hybridized carbons (Fsp3) is 0.0952. The molecule has 0 atom stereocenters. The van der Waals surface area contributed by atoms with Gasteiger partial charge in [-0.05, 0) is 23.8 Å². The van der Waals surface area contributed by atoms with Crippen LogP contribution in [0.1, 0.15) is 26.3 Å². The predicted octanol–water partition coefficient (Wildman–Crippen LogP) is 3.27. The van der Waals surface area contributed by atoms with E-state index < -0.39 is 0 Å². The Labute approximate surface area is 157 Å². The molecule has 2 N–H and O–H groups in total. The first-order valence-electron chi connectivity index (χ1n) is 8.38. The maximum absolute atomic E-state index is 12.4. The van der Waals surface area contributed by atoms with Gasteiger partial charge in [0.05, 0.1) is 18.2 Å². The molecule has 2 aromatic carbocycles. The van der Waals surface area contributed by atoms with Gasteiger partial charge in [0.2, 0.25) is 0 Å². The first-order chi connectivity index (χ1) is 13.2. The Balaban J connectivity index is 1.66. The van der Waals surface area contributed by atoms with E-state index in [1.807, 2.05) is 30.3 Å². The first kappa shape index (κ1) is 18.1. The fourth-order valence-electron chi connectivity index (χ4n) is 2.47. The highest BCUT2D eigenvalue weighted by Crippen LogP contribution is 2.17. The van der Waals surface area contributed by atoms with Gasteiger partial charge in [0.15, 0.2) is 0 Å². The number of pyridine rings is 1. The summed E-state index contributed by atoms with van der Waals surface area (Å²) in [5.74, 6) is -0.00388. The van der Waals surface area contributed by atoms with Crippen LogP contribution in [0.15, 0.2) is 73.1 Å². The lowest BCUT2D eigenvalue weighted by Gasteiger charge is -2.08. The second-order valence-electron chi connectivity index (χ2n) is 5.82. The van der Waals surface area contributed by atoms with E-state index in [0.29, 0.717) is 29.1 Å². The number of hydrogen-bond acceptors (Lipinski definition) is 4. The predicted molar refractivity (Wildman–Crippen MR) is 103 cm³/mol. The summed E-state index contributed by atoms with van der Waals surface area (Å²) in [6, 6.07) is 18.1. The number of carbonyl (C=O) groups excluding carboxylic acids is 2. The van der Waals surface area contributed by atoms with Crippen LogP contribution >= 0.6 is 0 Å². The van der Waals surface area contributed by atoms with Gasteiger partial charge < -0.3 is 15.4 Å². The van der Waals surface area contributed by atoms with Crippen LogP contribution in [0.3, 0.4) is 0 Å². The summed E-state index contributed by atoms with van der Waals surface area (Å²) >= 11 is 0. The summed E-state index contributed by atoms with van der Waals surface area (Å²) in [5.41, 5.74) is 2.21. The van der Waals surface area contributed by atoms with Crippen LogP contribution in [-0.4, -0.2) is 23.9 Å². The number of aromatic nitrogens is 1. The Morgan fingerprint density at radius 1 is 0.926 bits per heavy atom. The molecule has 3 aromatic rings. The van der Waals surface area contributed by atoms with Crippen LogP contribution in [0.4, 0.5) is 5.69 Å². The standard InChI is InChI=1S/C21H19N3O3/c1-27-19-9-5-8-18(11-19)24-21(26)17-10-16(13-22-14-17)20(25)23-12-15-6-3-2-4-7-15/h2-11,13-14H,12H2,1H3,(H,23,25)(H,24,26). The number of carbonyl (C=O) groups is 2. The van der Waals surface area contributed by atoms with Crippen molar-refractivity contribution in [2.24, 2.45) is 0 Å². The summed E-state index contributed by atoms with van der Waals surface area (Å²) in [4.78, 5) is 28.8. The van der Waals surface area contributed by atoms with E-state index in [2.05, 4.69) is 15.6 Å². The molecule has 0 aliphatic heterocycles. The molecule has 136 valence electrons. The molecule has 0 saturated carbocycles. The van der Waals surface area contributed by atoms with Gasteiger partial charge in [0, 0.05) is 30.7 Å². The quantitative estimate of drug-likeness (QED) is 0.706. The minimum absolute atomic E-state index is 0.289. The van der Waals surface area contributed by atoms with Gasteiger partial charge in [-0.25, -0.2) is 0 Å². The highest BCUT2D eigenvalue weighted by Gasteiger charge is 2.12. The van der Waals surface area contributed by atoms with Crippen molar-refractivity contribution in [3.8, 4) is 5.75 Å². The Hall–Kier alpha value is -3.67. The van der Waals surface area contributed by atoms with Crippen LogP contribution in [0.2, 0.25) is 0 Å². The second-order valence-corrected chi connectivity index (χ2v) is 5.82. The number of nitrogens with zero attached hydrogens (tertiary/aromatic N) is 1. The maximum atomic E-state index is 12.4. The number of rotatable bonds is 6. The van der Waals surface area contributed by atoms with Crippen LogP contribution in [0.5, 0.6) is 5.75 Å². The molecule has 0 spiro atoms. The molecule has 1 aromatic heterocycles. The summed E-state index contributed by atoms with van der Waals surface area (Å²) in [6.07, 6.45) is 2.85. The van der Waals surface area contributed by atoms with E-state index in [4.69, 9.17) is 4.74 Å². The van der Waals surface area contributed by atoms with Gasteiger partial charge in [-0.3, -0.25) is 14.6 Å². The van der Waals surface area contributed by atoms with Crippen molar-refractivity contribution >= 4 is 17.5 Å². The lowest BCUT2D eigenvalue weighted by molar-refractivity contribution is 0.0950. The van der Waals surface area contributed by atoms with Crippen molar-refractivity contribution in [1.82, 2.24) is 10.3 Å². The smallest absolute Gasteiger partial charge is 0.257 e. The third-order valence-corrected chi connectivity index (χ3v) is 3.89. The molecular formula is C21H19N3O3. The fourth-order valence-corrected chi connectivity index (χ4v) is 2.47. The number of benzene rings is 2. The highest BCUT2D eigenvalue weighted by atomic mass is 16.5. The lowest BCUT2D eigenvalue weighted by Crippen LogP contribution is -2.23. The molecule has 3 rings (SSSR count). The van der Waals surface area contributed by atoms with Gasteiger partial charge in [-0.2, -0.15) is 0 Å². The number of amides is 2. The molecule has 6 nitrogen and oxygen atoms in total. The minimum Gasteiger partial charge on any atom is -0.497 e. The van der Waals surface area contributed by atoms with Gasteiger partial charge in [-0.1, -0.05) is 36.4 Å². The first-order valence-corrected chi connectivity index (χ1v) is 8.38. The van der Waals surface area contributed by atoms with Crippen LogP contribution in [0.25, 0.3) is 0 Å². The molecule has 0 aliphatic carbocycles. The van der Waals surface area contributed by atoms with Crippen LogP contribution in [-0.2, 0) is 6.54 Å². The summed E-state index contributed by atoms with van der Waals surface area (Å²) in [5, 5.41) is 5.59. The highest BCUT2D eigenvalue weighted by molar-refractivity contribution is 6.05. The zero-order chi connectivity index (χ0) is 19.1. The summed E-state index contributed by atoms with van der Waals surface area (Å²) in [6.45, 7) is 0.403. The van der Waals surface area contributed by atoms with E-state index in [1.165, 1.54) is 18.5 Å². The number of ether oxygens (including phenoxy) is 1. The Bertz CT molecular complexity index is 942. The van der Waals surface area contributed by atoms with Crippen molar-refractivity contribution in [3.63, 3.8) is 0 Å². The van der Waals surface area contributed by atoms with Gasteiger partial charge in [0.25, 0.3) is 11.8 Å². The topological polar surface area (TPSA) is 80.3 Å². The molecular weight excluding hydrogens is 342 g/mol. The Morgan fingerprint density at radius 3 is 2.41 bits per heavy atom. The Morgan fingerprint density at radius 2 is 1.67 bits per heavy atom. The third-order valence-electron chi connectivity index (χ3n) is 3.89. The van der Waals surface area contributed by atoms with Crippen molar-refractivity contribution < 1.29 is 14.3 Å². The average molecular weight is 361 g/mol. The lowest BCUT2D eigenvalue weighted by atomic mass is 10.1. The van der Waals surface area contributed by atoms with E-state index in [9.17, 15) is 9.59 Å². The zero-order valence-corrected chi connectivity index (χ0v) is 14.8. The van der Waals surface area contributed by atoms with E-state index in [0.717, 1.165) is 5.56 Å². The molecule has 2 amide bonds. The van der Waals surface area contributed by atoms with Crippen molar-refractivity contribution in [2.45, 2.75) is 6.54 Å². The Kier molecular flexibility index (Phi) is 5.79. The third kappa shape index (κ3) is 4.92. The van der Waals surface area contributed by atoms with Crippen LogP contribution < -0.4 is 15.4 Å². The molecule has 0 aliphatic rings. The monoisotopic (exact) mass is 361 g/mol. The van der Waals surface area contributed by atoms with Crippen LogP contribution in [0, 0.1) is 0 Å². The number of methoxy groups -OCH3 is 1.